The van der Waals surface area contributed by atoms with Crippen LogP contribution in [-0.2, 0) is 34.3 Å². The number of rotatable bonds is 10. The predicted molar refractivity (Wildman–Crippen MR) is 136 cm³/mol. The number of amides is 1. The van der Waals surface area contributed by atoms with Gasteiger partial charge in [0.15, 0.2) is 5.82 Å². The zero-order valence-electron chi connectivity index (χ0n) is 19.6. The Labute approximate surface area is 216 Å². The molecule has 3 aromatic rings. The third kappa shape index (κ3) is 7.11. The quantitative estimate of drug-likeness (QED) is 0.390. The molecule has 0 spiro atoms. The van der Waals surface area contributed by atoms with Gasteiger partial charge >= 0.3 is 0 Å². The molecule has 3 heterocycles. The fourth-order valence-corrected chi connectivity index (χ4v) is 6.44. The first-order chi connectivity index (χ1) is 16.5. The lowest BCUT2D eigenvalue weighted by atomic mass is 10.2. The summed E-state index contributed by atoms with van der Waals surface area (Å²) in [7, 11) is -3.42. The highest BCUT2D eigenvalue weighted by molar-refractivity contribution is 7.91. The summed E-state index contributed by atoms with van der Waals surface area (Å²) in [6, 6.07) is 13.3. The molecule has 2 aromatic heterocycles. The molecule has 0 saturated carbocycles. The molecule has 1 fully saturated rings. The number of halogens is 1. The highest BCUT2D eigenvalue weighted by Crippen LogP contribution is 2.22. The van der Waals surface area contributed by atoms with Gasteiger partial charge < -0.3 is 9.42 Å². The molecule has 4 rings (SSSR count). The van der Waals surface area contributed by atoms with Gasteiger partial charge in [0.2, 0.25) is 11.8 Å². The largest absolute Gasteiger partial charge is 0.339 e. The number of aryl methyl sites for hydroxylation is 1. The molecule has 12 heteroatoms. The molecular weight excluding hydrogens is 510 g/mol. The van der Waals surface area contributed by atoms with Crippen LogP contribution in [0.5, 0.6) is 0 Å². The Morgan fingerprint density at radius 1 is 1.11 bits per heavy atom. The summed E-state index contributed by atoms with van der Waals surface area (Å²) in [5, 5.41) is 5.82. The van der Waals surface area contributed by atoms with E-state index in [9.17, 15) is 13.2 Å². The zero-order valence-corrected chi connectivity index (χ0v) is 22.0. The van der Waals surface area contributed by atoms with Crippen molar-refractivity contribution in [3.63, 3.8) is 0 Å². The second-order valence-corrected chi connectivity index (χ2v) is 11.2. The highest BCUT2D eigenvalue weighted by Gasteiger charge is 2.29. The van der Waals surface area contributed by atoms with E-state index in [1.54, 1.807) is 17.5 Å². The van der Waals surface area contributed by atoms with Crippen molar-refractivity contribution in [1.82, 2.24) is 24.2 Å². The minimum Gasteiger partial charge on any atom is -0.339 e. The van der Waals surface area contributed by atoms with Crippen LogP contribution < -0.4 is 0 Å². The van der Waals surface area contributed by atoms with E-state index in [1.165, 1.54) is 15.6 Å². The average molecular weight is 540 g/mol. The Hall–Kier alpha value is -2.31. The number of sulfonamides is 1. The van der Waals surface area contributed by atoms with E-state index >= 15 is 0 Å². The Kier molecular flexibility index (Phi) is 9.81. The molecular formula is C23H30ClN5O4S2. The lowest BCUT2D eigenvalue weighted by Crippen LogP contribution is -2.48. The minimum atomic E-state index is -3.42. The van der Waals surface area contributed by atoms with Crippen LogP contribution in [0.4, 0.5) is 0 Å². The van der Waals surface area contributed by atoms with Gasteiger partial charge in [-0.15, -0.1) is 23.7 Å². The SMILES string of the molecule is CCN(Cc1ccccc1)C(=O)CCc1nc(CN2CCN(S(=O)(=O)c3cccs3)CC2)no1.Cl. The smallest absolute Gasteiger partial charge is 0.252 e. The van der Waals surface area contributed by atoms with Crippen molar-refractivity contribution in [3.05, 3.63) is 65.1 Å². The van der Waals surface area contributed by atoms with Crippen LogP contribution in [0.1, 0.15) is 30.6 Å². The Morgan fingerprint density at radius 3 is 2.51 bits per heavy atom. The first kappa shape index (κ1) is 27.3. The Morgan fingerprint density at radius 2 is 1.86 bits per heavy atom. The first-order valence-electron chi connectivity index (χ1n) is 11.3. The number of nitrogens with zero attached hydrogens (tertiary/aromatic N) is 5. The van der Waals surface area contributed by atoms with Crippen molar-refractivity contribution < 1.29 is 17.7 Å². The first-order valence-corrected chi connectivity index (χ1v) is 13.7. The number of carbonyl (C=O) groups excluding carboxylic acids is 1. The molecule has 0 aliphatic carbocycles. The van der Waals surface area contributed by atoms with Crippen LogP contribution in [0.25, 0.3) is 0 Å². The van der Waals surface area contributed by atoms with Crippen LogP contribution >= 0.6 is 23.7 Å². The highest BCUT2D eigenvalue weighted by atomic mass is 35.5. The number of carbonyl (C=O) groups is 1. The zero-order chi connectivity index (χ0) is 24.0. The third-order valence-electron chi connectivity index (χ3n) is 5.80. The predicted octanol–water partition coefficient (Wildman–Crippen LogP) is 3.04. The number of aromatic nitrogens is 2. The van der Waals surface area contributed by atoms with Crippen molar-refractivity contribution in [1.29, 1.82) is 0 Å². The number of hydrogen-bond donors (Lipinski definition) is 0. The van der Waals surface area contributed by atoms with Crippen LogP contribution in [0.15, 0.2) is 56.6 Å². The monoisotopic (exact) mass is 539 g/mol. The number of piperazine rings is 1. The van der Waals surface area contributed by atoms with Gasteiger partial charge in [0.1, 0.15) is 4.21 Å². The van der Waals surface area contributed by atoms with Gasteiger partial charge in [0.25, 0.3) is 10.0 Å². The summed E-state index contributed by atoms with van der Waals surface area (Å²) in [4.78, 5) is 21.0. The van der Waals surface area contributed by atoms with E-state index in [2.05, 4.69) is 15.0 Å². The normalized spacial score (nSPS) is 15.0. The van der Waals surface area contributed by atoms with Gasteiger partial charge in [-0.1, -0.05) is 41.6 Å². The molecule has 0 radical (unpaired) electrons. The number of hydrogen-bond acceptors (Lipinski definition) is 8. The van der Waals surface area contributed by atoms with Gasteiger partial charge in [-0.3, -0.25) is 9.69 Å². The molecule has 0 N–H and O–H groups in total. The van der Waals surface area contributed by atoms with Gasteiger partial charge in [0.05, 0.1) is 6.54 Å². The molecule has 0 unspecified atom stereocenters. The minimum absolute atomic E-state index is 0. The lowest BCUT2D eigenvalue weighted by molar-refractivity contribution is -0.131. The Balaban J connectivity index is 0.00000342. The second kappa shape index (κ2) is 12.6. The molecule has 1 amide bonds. The van der Waals surface area contributed by atoms with E-state index in [-0.39, 0.29) is 18.3 Å². The van der Waals surface area contributed by atoms with E-state index in [4.69, 9.17) is 4.52 Å². The summed E-state index contributed by atoms with van der Waals surface area (Å²) in [6.07, 6.45) is 0.700. The summed E-state index contributed by atoms with van der Waals surface area (Å²) in [6.45, 7) is 5.71. The van der Waals surface area contributed by atoms with Crippen molar-refractivity contribution in [2.75, 3.05) is 32.7 Å². The maximum absolute atomic E-state index is 12.7. The van der Waals surface area contributed by atoms with Gasteiger partial charge in [0, 0.05) is 52.1 Å². The van der Waals surface area contributed by atoms with Crippen molar-refractivity contribution in [2.45, 2.75) is 37.1 Å². The molecule has 1 saturated heterocycles. The topological polar surface area (TPSA) is 99.9 Å². The van der Waals surface area contributed by atoms with Crippen LogP contribution in [0, 0.1) is 0 Å². The summed E-state index contributed by atoms with van der Waals surface area (Å²) in [5.41, 5.74) is 1.10. The molecule has 9 nitrogen and oxygen atoms in total. The maximum Gasteiger partial charge on any atom is 0.252 e. The van der Waals surface area contributed by atoms with Gasteiger partial charge in [-0.05, 0) is 23.9 Å². The van der Waals surface area contributed by atoms with Crippen molar-refractivity contribution >= 4 is 39.7 Å². The average Bonchev–Trinajstić information content (AvgIpc) is 3.55. The van der Waals surface area contributed by atoms with Crippen molar-refractivity contribution in [2.24, 2.45) is 0 Å². The number of benzene rings is 1. The van der Waals surface area contributed by atoms with Crippen LogP contribution in [0.3, 0.4) is 0 Å². The standard InChI is InChI=1S/C23H29N5O4S2.ClH/c1-2-27(17-19-7-4-3-5-8-19)22(29)11-10-21-24-20(25-32-21)18-26-12-14-28(15-13-26)34(30,31)23-9-6-16-33-23;/h3-9,16H,2,10-15,17-18H2,1H3;1H. The third-order valence-corrected chi connectivity index (χ3v) is 9.07. The molecule has 1 aliphatic heterocycles. The van der Waals surface area contributed by atoms with Gasteiger partial charge in [-0.2, -0.15) is 9.29 Å². The molecule has 1 aliphatic rings. The number of thiophene rings is 1. The Bertz CT molecular complexity index is 1160. The van der Waals surface area contributed by atoms with Crippen LogP contribution in [-0.4, -0.2) is 71.3 Å². The molecule has 0 bridgehead atoms. The van der Waals surface area contributed by atoms with Crippen LogP contribution in [0.2, 0.25) is 0 Å². The van der Waals surface area contributed by atoms with E-state index in [0.717, 1.165) is 5.56 Å². The molecule has 0 atom stereocenters. The molecule has 35 heavy (non-hydrogen) atoms. The van der Waals surface area contributed by atoms with E-state index in [1.807, 2.05) is 42.2 Å². The maximum atomic E-state index is 12.7. The fraction of sp³-hybridized carbons (Fsp3) is 0.435. The summed E-state index contributed by atoms with van der Waals surface area (Å²) in [5.74, 6) is 1.04. The molecule has 1 aromatic carbocycles. The van der Waals surface area contributed by atoms with Crippen molar-refractivity contribution in [3.8, 4) is 0 Å². The van der Waals surface area contributed by atoms with E-state index < -0.39 is 10.0 Å². The lowest BCUT2D eigenvalue weighted by Gasteiger charge is -2.32. The summed E-state index contributed by atoms with van der Waals surface area (Å²) >= 11 is 1.24. The molecule has 190 valence electrons. The second-order valence-electron chi connectivity index (χ2n) is 8.11. The fourth-order valence-electron chi connectivity index (χ4n) is 3.87. The van der Waals surface area contributed by atoms with E-state index in [0.29, 0.717) is 74.6 Å². The van der Waals surface area contributed by atoms with Gasteiger partial charge in [-0.25, -0.2) is 8.42 Å². The summed E-state index contributed by atoms with van der Waals surface area (Å²) < 4.78 is 32.6.